The van der Waals surface area contributed by atoms with Crippen molar-refractivity contribution in [1.29, 1.82) is 0 Å². The van der Waals surface area contributed by atoms with Gasteiger partial charge < -0.3 is 14.1 Å². The molecule has 1 heterocycles. The molecule has 1 aromatic heterocycles. The van der Waals surface area contributed by atoms with Crippen LogP contribution in [0.25, 0.3) is 11.3 Å². The van der Waals surface area contributed by atoms with E-state index < -0.39 is 0 Å². The van der Waals surface area contributed by atoms with Gasteiger partial charge in [0.15, 0.2) is 11.7 Å². The molecule has 1 amide bonds. The molecule has 136 valence electrons. The van der Waals surface area contributed by atoms with Crippen LogP contribution >= 0.6 is 0 Å². The van der Waals surface area contributed by atoms with Gasteiger partial charge in [0.2, 0.25) is 5.91 Å². The van der Waals surface area contributed by atoms with E-state index in [1.165, 1.54) is 12.1 Å². The third-order valence-electron chi connectivity index (χ3n) is 3.74. The molecule has 0 bridgehead atoms. The van der Waals surface area contributed by atoms with E-state index in [1.54, 1.807) is 25.4 Å². The lowest BCUT2D eigenvalue weighted by Gasteiger charge is -2.24. The van der Waals surface area contributed by atoms with Crippen molar-refractivity contribution in [2.45, 2.75) is 26.7 Å². The smallest absolute Gasteiger partial charge is 0.223 e. The van der Waals surface area contributed by atoms with E-state index in [2.05, 4.69) is 18.8 Å². The number of halogens is 1. The zero-order chi connectivity index (χ0) is 18.2. The van der Waals surface area contributed by atoms with Crippen molar-refractivity contribution in [3.8, 4) is 11.3 Å². The molecule has 1 aromatic carbocycles. The number of benzene rings is 1. The van der Waals surface area contributed by atoms with Gasteiger partial charge in [-0.15, -0.1) is 0 Å². The lowest BCUT2D eigenvalue weighted by molar-refractivity contribution is -0.132. The van der Waals surface area contributed by atoms with Crippen LogP contribution in [0.15, 0.2) is 34.9 Å². The molecule has 0 saturated heterocycles. The van der Waals surface area contributed by atoms with Gasteiger partial charge in [0.1, 0.15) is 5.82 Å². The molecule has 6 heteroatoms. The maximum absolute atomic E-state index is 13.0. The fraction of sp³-hybridized carbons (Fsp3) is 0.474. The standard InChI is InChI=1S/C19H25FN2O3/c1-14(2)13-22(10-11-24-3)19(23)9-8-18-21-12-17(25-18)15-4-6-16(20)7-5-15/h4-7,12,14H,8-11,13H2,1-3H3. The topological polar surface area (TPSA) is 55.6 Å². The lowest BCUT2D eigenvalue weighted by Crippen LogP contribution is -2.36. The molecule has 0 saturated carbocycles. The highest BCUT2D eigenvalue weighted by Crippen LogP contribution is 2.21. The molecular weight excluding hydrogens is 323 g/mol. The molecule has 5 nitrogen and oxygen atoms in total. The Bertz CT molecular complexity index is 668. The van der Waals surface area contributed by atoms with Gasteiger partial charge in [0, 0.05) is 38.6 Å². The van der Waals surface area contributed by atoms with Crippen LogP contribution in [-0.4, -0.2) is 42.6 Å². The van der Waals surface area contributed by atoms with E-state index in [1.807, 2.05) is 4.90 Å². The number of rotatable bonds is 9. The number of carbonyl (C=O) groups excluding carboxylic acids is 1. The van der Waals surface area contributed by atoms with Crippen LogP contribution in [0.5, 0.6) is 0 Å². The summed E-state index contributed by atoms with van der Waals surface area (Å²) < 4.78 is 23.7. The summed E-state index contributed by atoms with van der Waals surface area (Å²) in [6.07, 6.45) is 2.37. The Morgan fingerprint density at radius 2 is 2.04 bits per heavy atom. The Labute approximate surface area is 147 Å². The average molecular weight is 348 g/mol. The number of aromatic nitrogens is 1. The number of oxazole rings is 1. The van der Waals surface area contributed by atoms with Gasteiger partial charge in [-0.25, -0.2) is 9.37 Å². The van der Waals surface area contributed by atoms with Crippen LogP contribution < -0.4 is 0 Å². The predicted molar refractivity (Wildman–Crippen MR) is 93.5 cm³/mol. The SMILES string of the molecule is COCCN(CC(C)C)C(=O)CCc1ncc(-c2ccc(F)cc2)o1. The molecule has 0 aliphatic carbocycles. The zero-order valence-corrected chi connectivity index (χ0v) is 15.0. The van der Waals surface area contributed by atoms with Crippen molar-refractivity contribution in [1.82, 2.24) is 9.88 Å². The monoisotopic (exact) mass is 348 g/mol. The van der Waals surface area contributed by atoms with E-state index in [9.17, 15) is 9.18 Å². The molecule has 0 spiro atoms. The van der Waals surface area contributed by atoms with Crippen molar-refractivity contribution in [3.05, 3.63) is 42.2 Å². The molecule has 2 rings (SSSR count). The van der Waals surface area contributed by atoms with E-state index in [-0.39, 0.29) is 11.7 Å². The minimum Gasteiger partial charge on any atom is -0.441 e. The molecule has 0 radical (unpaired) electrons. The summed E-state index contributed by atoms with van der Waals surface area (Å²) in [5.74, 6) is 1.24. The van der Waals surface area contributed by atoms with Gasteiger partial charge in [-0.1, -0.05) is 13.8 Å². The Balaban J connectivity index is 1.93. The van der Waals surface area contributed by atoms with Crippen LogP contribution in [0, 0.1) is 11.7 Å². The summed E-state index contributed by atoms with van der Waals surface area (Å²) in [5, 5.41) is 0. The second-order valence-electron chi connectivity index (χ2n) is 6.35. The first-order valence-corrected chi connectivity index (χ1v) is 8.47. The number of aryl methyl sites for hydroxylation is 1. The summed E-state index contributed by atoms with van der Waals surface area (Å²) in [5.41, 5.74) is 0.757. The number of methoxy groups -OCH3 is 1. The number of carbonyl (C=O) groups is 1. The maximum Gasteiger partial charge on any atom is 0.223 e. The normalized spacial score (nSPS) is 11.1. The third-order valence-corrected chi connectivity index (χ3v) is 3.74. The van der Waals surface area contributed by atoms with Gasteiger partial charge in [0.25, 0.3) is 0 Å². The van der Waals surface area contributed by atoms with E-state index >= 15 is 0 Å². The van der Waals surface area contributed by atoms with Crippen LogP contribution in [0.4, 0.5) is 4.39 Å². The molecule has 0 N–H and O–H groups in total. The number of nitrogens with zero attached hydrogens (tertiary/aromatic N) is 2. The van der Waals surface area contributed by atoms with E-state index in [0.29, 0.717) is 50.1 Å². The van der Waals surface area contributed by atoms with Crippen LogP contribution in [0.3, 0.4) is 0 Å². The third kappa shape index (κ3) is 5.98. The molecule has 0 aliphatic rings. The highest BCUT2D eigenvalue weighted by molar-refractivity contribution is 5.76. The molecular formula is C19H25FN2O3. The minimum absolute atomic E-state index is 0.0623. The van der Waals surface area contributed by atoms with Crippen molar-refractivity contribution < 1.29 is 18.3 Å². The Morgan fingerprint density at radius 1 is 1.32 bits per heavy atom. The fourth-order valence-electron chi connectivity index (χ4n) is 2.51. The Kier molecular flexibility index (Phi) is 7.13. The molecule has 25 heavy (non-hydrogen) atoms. The quantitative estimate of drug-likeness (QED) is 0.695. The number of hydrogen-bond donors (Lipinski definition) is 0. The summed E-state index contributed by atoms with van der Waals surface area (Å²) in [6.45, 7) is 5.97. The van der Waals surface area contributed by atoms with E-state index in [0.717, 1.165) is 5.56 Å². The Morgan fingerprint density at radius 3 is 2.68 bits per heavy atom. The second kappa shape index (κ2) is 9.32. The van der Waals surface area contributed by atoms with Crippen molar-refractivity contribution in [3.63, 3.8) is 0 Å². The van der Waals surface area contributed by atoms with Crippen molar-refractivity contribution in [2.24, 2.45) is 5.92 Å². The first-order valence-electron chi connectivity index (χ1n) is 8.47. The summed E-state index contributed by atoms with van der Waals surface area (Å²) in [6, 6.07) is 6.03. The molecule has 0 fully saturated rings. The second-order valence-corrected chi connectivity index (χ2v) is 6.35. The van der Waals surface area contributed by atoms with Gasteiger partial charge in [-0.2, -0.15) is 0 Å². The van der Waals surface area contributed by atoms with Crippen LogP contribution in [0.1, 0.15) is 26.2 Å². The zero-order valence-electron chi connectivity index (χ0n) is 15.0. The highest BCUT2D eigenvalue weighted by atomic mass is 19.1. The lowest BCUT2D eigenvalue weighted by atomic mass is 10.2. The van der Waals surface area contributed by atoms with E-state index in [4.69, 9.17) is 9.15 Å². The summed E-state index contributed by atoms with van der Waals surface area (Å²) >= 11 is 0. The largest absolute Gasteiger partial charge is 0.441 e. The van der Waals surface area contributed by atoms with Gasteiger partial charge in [-0.3, -0.25) is 4.79 Å². The number of ether oxygens (including phenoxy) is 1. The van der Waals surface area contributed by atoms with Crippen molar-refractivity contribution in [2.75, 3.05) is 26.8 Å². The van der Waals surface area contributed by atoms with Gasteiger partial charge in [0.05, 0.1) is 12.8 Å². The Hall–Kier alpha value is -2.21. The van der Waals surface area contributed by atoms with Crippen LogP contribution in [0.2, 0.25) is 0 Å². The predicted octanol–water partition coefficient (Wildman–Crippen LogP) is 3.54. The maximum atomic E-state index is 13.0. The minimum atomic E-state index is -0.296. The number of hydrogen-bond acceptors (Lipinski definition) is 4. The van der Waals surface area contributed by atoms with Gasteiger partial charge in [-0.05, 0) is 30.2 Å². The molecule has 0 unspecified atom stereocenters. The first kappa shape index (κ1) is 19.1. The number of amides is 1. The average Bonchev–Trinajstić information content (AvgIpc) is 3.05. The summed E-state index contributed by atoms with van der Waals surface area (Å²) in [7, 11) is 1.63. The first-order chi connectivity index (χ1) is 12.0. The molecule has 0 aliphatic heterocycles. The fourth-order valence-corrected chi connectivity index (χ4v) is 2.51. The van der Waals surface area contributed by atoms with Gasteiger partial charge >= 0.3 is 0 Å². The summed E-state index contributed by atoms with van der Waals surface area (Å²) in [4.78, 5) is 18.5. The molecule has 2 aromatic rings. The molecule has 0 atom stereocenters. The van der Waals surface area contributed by atoms with Crippen molar-refractivity contribution >= 4 is 5.91 Å². The van der Waals surface area contributed by atoms with Crippen LogP contribution in [-0.2, 0) is 16.0 Å². The highest BCUT2D eigenvalue weighted by Gasteiger charge is 2.16.